The number of hydrogen-bond acceptors (Lipinski definition) is 4. The Morgan fingerprint density at radius 2 is 1.91 bits per heavy atom. The topological polar surface area (TPSA) is 53.6 Å². The van der Waals surface area contributed by atoms with Crippen molar-refractivity contribution in [1.82, 2.24) is 15.5 Å². The monoisotopic (exact) mass is 325 g/mol. The number of carbonyl (C=O) groups excluding carboxylic acids is 1. The van der Waals surface area contributed by atoms with Crippen molar-refractivity contribution in [3.05, 3.63) is 0 Å². The Morgan fingerprint density at radius 3 is 2.52 bits per heavy atom. The lowest BCUT2D eigenvalue weighted by Crippen LogP contribution is -2.39. The minimum Gasteiger partial charge on any atom is -0.444 e. The van der Waals surface area contributed by atoms with Crippen LogP contribution in [0.5, 0.6) is 0 Å². The highest BCUT2D eigenvalue weighted by Crippen LogP contribution is 2.22. The van der Waals surface area contributed by atoms with E-state index in [0.29, 0.717) is 12.1 Å². The number of likely N-dealkylation sites (tertiary alicyclic amines) is 1. The van der Waals surface area contributed by atoms with Gasteiger partial charge in [0.1, 0.15) is 5.60 Å². The van der Waals surface area contributed by atoms with E-state index in [9.17, 15) is 4.79 Å². The molecule has 3 unspecified atom stereocenters. The SMILES string of the molecule is CC(C)N1CCC(CNC2CCC(NC(=O)OC(C)(C)C)C2)C1. The van der Waals surface area contributed by atoms with E-state index in [0.717, 1.165) is 31.7 Å². The summed E-state index contributed by atoms with van der Waals surface area (Å²) in [5, 5.41) is 6.72. The van der Waals surface area contributed by atoms with Gasteiger partial charge in [-0.05, 0) is 79.3 Å². The van der Waals surface area contributed by atoms with Crippen LogP contribution >= 0.6 is 0 Å². The summed E-state index contributed by atoms with van der Waals surface area (Å²) >= 11 is 0. The smallest absolute Gasteiger partial charge is 0.407 e. The number of nitrogens with one attached hydrogen (secondary N) is 2. The quantitative estimate of drug-likeness (QED) is 0.816. The van der Waals surface area contributed by atoms with Crippen molar-refractivity contribution >= 4 is 6.09 Å². The van der Waals surface area contributed by atoms with Crippen molar-refractivity contribution in [2.45, 2.75) is 84.0 Å². The van der Waals surface area contributed by atoms with Crippen LogP contribution in [0.4, 0.5) is 4.79 Å². The molecule has 2 N–H and O–H groups in total. The third kappa shape index (κ3) is 6.30. The molecule has 1 saturated heterocycles. The molecule has 2 rings (SSSR count). The molecule has 0 spiro atoms. The molecule has 5 nitrogen and oxygen atoms in total. The van der Waals surface area contributed by atoms with Gasteiger partial charge in [0.15, 0.2) is 0 Å². The Balaban J connectivity index is 1.63. The van der Waals surface area contributed by atoms with Crippen LogP contribution in [0.1, 0.15) is 60.3 Å². The molecular formula is C18H35N3O2. The van der Waals surface area contributed by atoms with Gasteiger partial charge in [0, 0.05) is 24.7 Å². The fraction of sp³-hybridized carbons (Fsp3) is 0.944. The molecule has 0 bridgehead atoms. The number of ether oxygens (including phenoxy) is 1. The lowest BCUT2D eigenvalue weighted by molar-refractivity contribution is 0.0505. The van der Waals surface area contributed by atoms with Gasteiger partial charge in [-0.3, -0.25) is 0 Å². The van der Waals surface area contributed by atoms with Crippen LogP contribution in [0, 0.1) is 5.92 Å². The molecule has 5 heteroatoms. The van der Waals surface area contributed by atoms with Gasteiger partial charge in [0.05, 0.1) is 0 Å². The summed E-state index contributed by atoms with van der Waals surface area (Å²) in [6, 6.07) is 1.44. The van der Waals surface area contributed by atoms with E-state index in [-0.39, 0.29) is 12.1 Å². The lowest BCUT2D eigenvalue weighted by Gasteiger charge is -2.22. The fourth-order valence-electron chi connectivity index (χ4n) is 3.60. The molecule has 1 aliphatic heterocycles. The second-order valence-corrected chi connectivity index (χ2v) is 8.50. The van der Waals surface area contributed by atoms with E-state index in [4.69, 9.17) is 4.74 Å². The van der Waals surface area contributed by atoms with E-state index in [1.54, 1.807) is 0 Å². The van der Waals surface area contributed by atoms with Gasteiger partial charge in [-0.15, -0.1) is 0 Å². The minimum absolute atomic E-state index is 0.248. The molecule has 3 atom stereocenters. The third-order valence-corrected chi connectivity index (χ3v) is 4.90. The van der Waals surface area contributed by atoms with E-state index in [2.05, 4.69) is 29.4 Å². The standard InChI is InChI=1S/C18H35N3O2/c1-13(2)21-9-8-14(12-21)11-19-15-6-7-16(10-15)20-17(22)23-18(3,4)5/h13-16,19H,6-12H2,1-5H3,(H,20,22). The number of nitrogens with zero attached hydrogens (tertiary/aromatic N) is 1. The van der Waals surface area contributed by atoms with Crippen LogP contribution in [-0.4, -0.2) is 54.4 Å². The number of amides is 1. The number of alkyl carbamates (subject to hydrolysis) is 1. The number of hydrogen-bond donors (Lipinski definition) is 2. The normalized spacial score (nSPS) is 29.2. The maximum Gasteiger partial charge on any atom is 0.407 e. The van der Waals surface area contributed by atoms with Crippen molar-refractivity contribution < 1.29 is 9.53 Å². The second-order valence-electron chi connectivity index (χ2n) is 8.50. The average Bonchev–Trinajstić information content (AvgIpc) is 3.02. The zero-order valence-corrected chi connectivity index (χ0v) is 15.5. The van der Waals surface area contributed by atoms with Crippen LogP contribution in [0.2, 0.25) is 0 Å². The van der Waals surface area contributed by atoms with Gasteiger partial charge in [-0.25, -0.2) is 4.79 Å². The Kier molecular flexibility index (Phi) is 6.32. The van der Waals surface area contributed by atoms with Crippen molar-refractivity contribution in [2.24, 2.45) is 5.92 Å². The fourth-order valence-corrected chi connectivity index (χ4v) is 3.60. The Hall–Kier alpha value is -0.810. The maximum absolute atomic E-state index is 11.8. The molecule has 1 saturated carbocycles. The zero-order valence-electron chi connectivity index (χ0n) is 15.5. The summed E-state index contributed by atoms with van der Waals surface area (Å²) in [4.78, 5) is 14.4. The summed E-state index contributed by atoms with van der Waals surface area (Å²) in [6.45, 7) is 13.8. The van der Waals surface area contributed by atoms with Crippen molar-refractivity contribution in [3.8, 4) is 0 Å². The molecule has 23 heavy (non-hydrogen) atoms. The van der Waals surface area contributed by atoms with Gasteiger partial charge >= 0.3 is 6.09 Å². The van der Waals surface area contributed by atoms with Gasteiger partial charge in [-0.1, -0.05) is 0 Å². The van der Waals surface area contributed by atoms with Crippen molar-refractivity contribution in [1.29, 1.82) is 0 Å². The lowest BCUT2D eigenvalue weighted by atomic mass is 10.1. The minimum atomic E-state index is -0.425. The first-order valence-electron chi connectivity index (χ1n) is 9.20. The molecule has 134 valence electrons. The van der Waals surface area contributed by atoms with Gasteiger partial charge in [0.25, 0.3) is 0 Å². The second kappa shape index (κ2) is 7.84. The molecule has 1 amide bonds. The van der Waals surface area contributed by atoms with Crippen LogP contribution in [-0.2, 0) is 4.74 Å². The van der Waals surface area contributed by atoms with E-state index < -0.39 is 5.60 Å². The molecule has 1 heterocycles. The first-order valence-corrected chi connectivity index (χ1v) is 9.20. The summed E-state index contributed by atoms with van der Waals surface area (Å²) in [5.41, 5.74) is -0.425. The molecule has 2 aliphatic rings. The van der Waals surface area contributed by atoms with E-state index >= 15 is 0 Å². The summed E-state index contributed by atoms with van der Waals surface area (Å²) in [6.07, 6.45) is 4.21. The predicted molar refractivity (Wildman–Crippen MR) is 93.6 cm³/mol. The van der Waals surface area contributed by atoms with E-state index in [1.165, 1.54) is 19.5 Å². The largest absolute Gasteiger partial charge is 0.444 e. The third-order valence-electron chi connectivity index (χ3n) is 4.90. The predicted octanol–water partition coefficient (Wildman–Crippen LogP) is 2.75. The first-order chi connectivity index (χ1) is 10.7. The van der Waals surface area contributed by atoms with Gasteiger partial charge < -0.3 is 20.3 Å². The molecule has 2 fully saturated rings. The summed E-state index contributed by atoms with van der Waals surface area (Å²) in [5.74, 6) is 0.773. The van der Waals surface area contributed by atoms with Crippen molar-refractivity contribution in [3.63, 3.8) is 0 Å². The Bertz CT molecular complexity index is 392. The highest BCUT2D eigenvalue weighted by Gasteiger charge is 2.29. The van der Waals surface area contributed by atoms with Crippen LogP contribution in [0.3, 0.4) is 0 Å². The first kappa shape index (κ1) is 18.5. The summed E-state index contributed by atoms with van der Waals surface area (Å²) in [7, 11) is 0. The molecule has 1 aliphatic carbocycles. The Morgan fingerprint density at radius 1 is 1.22 bits per heavy atom. The van der Waals surface area contributed by atoms with E-state index in [1.807, 2.05) is 20.8 Å². The van der Waals surface area contributed by atoms with Crippen LogP contribution < -0.4 is 10.6 Å². The van der Waals surface area contributed by atoms with Gasteiger partial charge in [-0.2, -0.15) is 0 Å². The maximum atomic E-state index is 11.8. The zero-order chi connectivity index (χ0) is 17.0. The molecular weight excluding hydrogens is 290 g/mol. The molecule has 0 aromatic carbocycles. The highest BCUT2D eigenvalue weighted by molar-refractivity contribution is 5.68. The molecule has 0 aromatic heterocycles. The van der Waals surface area contributed by atoms with Gasteiger partial charge in [0.2, 0.25) is 0 Å². The molecule has 0 radical (unpaired) electrons. The Labute approximate surface area is 141 Å². The number of carbonyl (C=O) groups is 1. The average molecular weight is 325 g/mol. The summed E-state index contributed by atoms with van der Waals surface area (Å²) < 4.78 is 5.33. The highest BCUT2D eigenvalue weighted by atomic mass is 16.6. The van der Waals surface area contributed by atoms with Crippen molar-refractivity contribution in [2.75, 3.05) is 19.6 Å². The van der Waals surface area contributed by atoms with Crippen LogP contribution in [0.15, 0.2) is 0 Å². The molecule has 0 aromatic rings. The number of rotatable bonds is 5. The van der Waals surface area contributed by atoms with Crippen LogP contribution in [0.25, 0.3) is 0 Å².